The minimum absolute atomic E-state index is 0.169. The van der Waals surface area contributed by atoms with Crippen LogP contribution in [0.3, 0.4) is 0 Å². The highest BCUT2D eigenvalue weighted by Crippen LogP contribution is 2.30. The van der Waals surface area contributed by atoms with Crippen LogP contribution in [0.25, 0.3) is 0 Å². The van der Waals surface area contributed by atoms with E-state index in [1.54, 1.807) is 30.3 Å². The van der Waals surface area contributed by atoms with Crippen LogP contribution in [0.1, 0.15) is 20.8 Å². The van der Waals surface area contributed by atoms with Crippen molar-refractivity contribution in [2.75, 3.05) is 10.0 Å². The molecule has 7 nitrogen and oxygen atoms in total. The van der Waals surface area contributed by atoms with Gasteiger partial charge in [0, 0.05) is 17.3 Å². The molecule has 0 atom stereocenters. The summed E-state index contributed by atoms with van der Waals surface area (Å²) in [6.45, 7) is 5.58. The van der Waals surface area contributed by atoms with E-state index >= 15 is 0 Å². The lowest BCUT2D eigenvalue weighted by molar-refractivity contribution is -0.384. The van der Waals surface area contributed by atoms with E-state index in [9.17, 15) is 18.5 Å². The monoisotopic (exact) mass is 349 g/mol. The molecule has 8 heteroatoms. The zero-order valence-corrected chi connectivity index (χ0v) is 14.4. The molecule has 0 bridgehead atoms. The van der Waals surface area contributed by atoms with Gasteiger partial charge in [-0.05, 0) is 45.0 Å². The third kappa shape index (κ3) is 4.45. The zero-order valence-electron chi connectivity index (χ0n) is 13.6. The number of rotatable bonds is 5. The van der Waals surface area contributed by atoms with Crippen molar-refractivity contribution in [3.05, 3.63) is 58.6 Å². The van der Waals surface area contributed by atoms with Gasteiger partial charge in [-0.3, -0.25) is 14.8 Å². The average molecular weight is 349 g/mol. The molecule has 0 aromatic heterocycles. The Morgan fingerprint density at radius 2 is 1.67 bits per heavy atom. The van der Waals surface area contributed by atoms with E-state index < -0.39 is 20.5 Å². The maximum atomic E-state index is 12.4. The van der Waals surface area contributed by atoms with Crippen molar-refractivity contribution in [2.45, 2.75) is 31.2 Å². The highest BCUT2D eigenvalue weighted by Gasteiger charge is 2.23. The van der Waals surface area contributed by atoms with Crippen LogP contribution in [0.2, 0.25) is 0 Å². The van der Waals surface area contributed by atoms with E-state index in [1.807, 2.05) is 20.8 Å². The Labute approximate surface area is 140 Å². The molecule has 2 N–H and O–H groups in total. The lowest BCUT2D eigenvalue weighted by Gasteiger charge is -2.22. The third-order valence-electron chi connectivity index (χ3n) is 3.01. The molecule has 128 valence electrons. The van der Waals surface area contributed by atoms with Gasteiger partial charge in [0.2, 0.25) is 0 Å². The summed E-state index contributed by atoms with van der Waals surface area (Å²) >= 11 is 0. The predicted octanol–water partition coefficient (Wildman–Crippen LogP) is 3.61. The molecule has 24 heavy (non-hydrogen) atoms. The van der Waals surface area contributed by atoms with Gasteiger partial charge in [0.25, 0.3) is 15.7 Å². The van der Waals surface area contributed by atoms with Gasteiger partial charge in [-0.2, -0.15) is 0 Å². The number of benzene rings is 2. The summed E-state index contributed by atoms with van der Waals surface area (Å²) in [6, 6.07) is 12.1. The Kier molecular flexibility index (Phi) is 4.79. The van der Waals surface area contributed by atoms with Crippen LogP contribution in [-0.4, -0.2) is 18.9 Å². The van der Waals surface area contributed by atoms with E-state index in [-0.39, 0.29) is 16.3 Å². The van der Waals surface area contributed by atoms with Crippen LogP contribution in [0.15, 0.2) is 53.4 Å². The lowest BCUT2D eigenvalue weighted by atomic mass is 10.1. The molecule has 0 saturated heterocycles. The second-order valence-electron chi connectivity index (χ2n) is 6.28. The van der Waals surface area contributed by atoms with Crippen LogP contribution < -0.4 is 10.0 Å². The van der Waals surface area contributed by atoms with Crippen molar-refractivity contribution in [1.29, 1.82) is 0 Å². The average Bonchev–Trinajstić information content (AvgIpc) is 2.46. The largest absolute Gasteiger partial charge is 0.375 e. The second kappa shape index (κ2) is 6.48. The quantitative estimate of drug-likeness (QED) is 0.634. The Hall–Kier alpha value is -2.61. The highest BCUT2D eigenvalue weighted by atomic mass is 32.2. The Balaban J connectivity index is 2.41. The fourth-order valence-electron chi connectivity index (χ4n) is 2.06. The van der Waals surface area contributed by atoms with E-state index in [2.05, 4.69) is 10.0 Å². The first-order valence-electron chi connectivity index (χ1n) is 7.23. The first kappa shape index (κ1) is 17.7. The molecule has 0 aliphatic heterocycles. The molecular formula is C16H19N3O4S. The normalized spacial score (nSPS) is 11.8. The van der Waals surface area contributed by atoms with Crippen LogP contribution in [-0.2, 0) is 10.0 Å². The highest BCUT2D eigenvalue weighted by molar-refractivity contribution is 7.92. The molecule has 2 aromatic carbocycles. The second-order valence-corrected chi connectivity index (χ2v) is 7.96. The summed E-state index contributed by atoms with van der Waals surface area (Å²) in [5.41, 5.74) is -0.0305. The van der Waals surface area contributed by atoms with Gasteiger partial charge in [-0.25, -0.2) is 8.42 Å². The van der Waals surface area contributed by atoms with E-state index in [4.69, 9.17) is 0 Å². The first-order chi connectivity index (χ1) is 11.1. The standard InChI is InChI=1S/C16H19N3O4S/c1-16(2,3)17-14-10-9-13(11-15(14)19(20)21)24(22,23)18-12-7-5-4-6-8-12/h4-11,17-18H,1-3H3. The summed E-state index contributed by atoms with van der Waals surface area (Å²) in [4.78, 5) is 10.5. The maximum Gasteiger partial charge on any atom is 0.293 e. The minimum Gasteiger partial charge on any atom is -0.375 e. The Morgan fingerprint density at radius 1 is 1.04 bits per heavy atom. The maximum absolute atomic E-state index is 12.4. The van der Waals surface area contributed by atoms with Crippen LogP contribution in [0.5, 0.6) is 0 Å². The molecule has 0 aliphatic rings. The number of anilines is 2. The molecule has 2 rings (SSSR count). The number of nitro groups is 1. The fourth-order valence-corrected chi connectivity index (χ4v) is 3.14. The number of sulfonamides is 1. The number of nitrogens with one attached hydrogen (secondary N) is 2. The van der Waals surface area contributed by atoms with Gasteiger partial charge < -0.3 is 5.32 Å². The molecule has 0 amide bonds. The van der Waals surface area contributed by atoms with Crippen LogP contribution >= 0.6 is 0 Å². The van der Waals surface area contributed by atoms with Gasteiger partial charge in [0.15, 0.2) is 0 Å². The van der Waals surface area contributed by atoms with Crippen LogP contribution in [0, 0.1) is 10.1 Å². The molecule has 0 radical (unpaired) electrons. The minimum atomic E-state index is -3.91. The topological polar surface area (TPSA) is 101 Å². The zero-order chi connectivity index (χ0) is 18.0. The van der Waals surface area contributed by atoms with Gasteiger partial charge >= 0.3 is 0 Å². The summed E-state index contributed by atoms with van der Waals surface area (Å²) in [5.74, 6) is 0. The van der Waals surface area contributed by atoms with Crippen molar-refractivity contribution in [3.8, 4) is 0 Å². The van der Waals surface area contributed by atoms with Crippen LogP contribution in [0.4, 0.5) is 17.1 Å². The molecular weight excluding hydrogens is 330 g/mol. The molecule has 0 aliphatic carbocycles. The predicted molar refractivity (Wildman–Crippen MR) is 93.7 cm³/mol. The van der Waals surface area contributed by atoms with Gasteiger partial charge in [0.05, 0.1) is 9.82 Å². The number of nitro benzene ring substituents is 1. The van der Waals surface area contributed by atoms with Crippen molar-refractivity contribution in [3.63, 3.8) is 0 Å². The lowest BCUT2D eigenvalue weighted by Crippen LogP contribution is -2.26. The summed E-state index contributed by atoms with van der Waals surface area (Å²) in [7, 11) is -3.91. The SMILES string of the molecule is CC(C)(C)Nc1ccc(S(=O)(=O)Nc2ccccc2)cc1[N+](=O)[O-]. The van der Waals surface area contributed by atoms with E-state index in [0.717, 1.165) is 6.07 Å². The molecule has 0 spiro atoms. The summed E-state index contributed by atoms with van der Waals surface area (Å²) in [5, 5.41) is 14.3. The van der Waals surface area contributed by atoms with Gasteiger partial charge in [-0.1, -0.05) is 18.2 Å². The Morgan fingerprint density at radius 3 is 2.21 bits per heavy atom. The van der Waals surface area contributed by atoms with Gasteiger partial charge in [-0.15, -0.1) is 0 Å². The van der Waals surface area contributed by atoms with Crippen molar-refractivity contribution >= 4 is 27.1 Å². The molecule has 0 fully saturated rings. The Bertz CT molecular complexity index is 843. The summed E-state index contributed by atoms with van der Waals surface area (Å²) < 4.78 is 27.2. The van der Waals surface area contributed by atoms with Crippen molar-refractivity contribution < 1.29 is 13.3 Å². The number of hydrogen-bond donors (Lipinski definition) is 2. The van der Waals surface area contributed by atoms with E-state index in [1.165, 1.54) is 12.1 Å². The smallest absolute Gasteiger partial charge is 0.293 e. The number of nitrogens with zero attached hydrogens (tertiary/aromatic N) is 1. The van der Waals surface area contributed by atoms with Crippen molar-refractivity contribution in [1.82, 2.24) is 0 Å². The first-order valence-corrected chi connectivity index (χ1v) is 8.71. The third-order valence-corrected chi connectivity index (χ3v) is 4.39. The summed E-state index contributed by atoms with van der Waals surface area (Å²) in [6.07, 6.45) is 0. The molecule has 0 unspecified atom stereocenters. The molecule has 2 aromatic rings. The fraction of sp³-hybridized carbons (Fsp3) is 0.250. The number of para-hydroxylation sites is 1. The number of hydrogen-bond acceptors (Lipinski definition) is 5. The molecule has 0 heterocycles. The van der Waals surface area contributed by atoms with Crippen molar-refractivity contribution in [2.24, 2.45) is 0 Å². The van der Waals surface area contributed by atoms with Gasteiger partial charge in [0.1, 0.15) is 5.69 Å². The van der Waals surface area contributed by atoms with E-state index in [0.29, 0.717) is 5.69 Å². The molecule has 0 saturated carbocycles.